The average molecular weight is 285 g/mol. The number of rotatable bonds is 5. The Morgan fingerprint density at radius 1 is 1.37 bits per heavy atom. The third-order valence-electron chi connectivity index (χ3n) is 3.46. The molecule has 0 atom stereocenters. The second-order valence-corrected chi connectivity index (χ2v) is 6.30. The van der Waals surface area contributed by atoms with Gasteiger partial charge >= 0.3 is 0 Å². The highest BCUT2D eigenvalue weighted by Crippen LogP contribution is 2.33. The lowest BCUT2D eigenvalue weighted by Crippen LogP contribution is -2.42. The highest BCUT2D eigenvalue weighted by Gasteiger charge is 2.28. The number of anilines is 2. The van der Waals surface area contributed by atoms with Crippen molar-refractivity contribution in [1.29, 1.82) is 0 Å². The molecule has 0 radical (unpaired) electrons. The van der Waals surface area contributed by atoms with Gasteiger partial charge in [-0.05, 0) is 37.5 Å². The normalized spacial score (nSPS) is 16.1. The number of nitrogens with two attached hydrogens (primary N) is 2. The van der Waals surface area contributed by atoms with E-state index in [4.69, 9.17) is 16.0 Å². The molecule has 6 nitrogen and oxygen atoms in total. The summed E-state index contributed by atoms with van der Waals surface area (Å²) in [6.07, 6.45) is 3.11. The van der Waals surface area contributed by atoms with Crippen LogP contribution in [0.3, 0.4) is 0 Å². The smallest absolute Gasteiger partial charge is 0.240 e. The molecule has 0 bridgehead atoms. The Morgan fingerprint density at radius 2 is 2.05 bits per heavy atom. The second-order valence-electron chi connectivity index (χ2n) is 4.77. The molecule has 1 aliphatic carbocycles. The molecule has 0 spiro atoms. The van der Waals surface area contributed by atoms with Crippen molar-refractivity contribution in [3.05, 3.63) is 18.2 Å². The molecule has 1 fully saturated rings. The van der Waals surface area contributed by atoms with Gasteiger partial charge in [0.05, 0.1) is 12.3 Å². The van der Waals surface area contributed by atoms with Gasteiger partial charge in [-0.1, -0.05) is 0 Å². The first-order valence-electron chi connectivity index (χ1n) is 6.23. The van der Waals surface area contributed by atoms with Crippen molar-refractivity contribution >= 4 is 21.4 Å². The number of primary sulfonamides is 1. The number of nitrogens with zero attached hydrogens (tertiary/aromatic N) is 1. The quantitative estimate of drug-likeness (QED) is 0.673. The first-order chi connectivity index (χ1) is 8.93. The molecule has 0 unspecified atom stereocenters. The maximum absolute atomic E-state index is 11.7. The van der Waals surface area contributed by atoms with Crippen LogP contribution >= 0.6 is 0 Å². The standard InChI is InChI=1S/C12H19N3O3S/c13-9-4-5-11(12(8-9)19(14,17)18)15(6-7-16)10-2-1-3-10/h4-5,8,10,16H,1-3,6-7,13H2,(H2,14,17,18). The summed E-state index contributed by atoms with van der Waals surface area (Å²) >= 11 is 0. The second kappa shape index (κ2) is 5.36. The van der Waals surface area contributed by atoms with E-state index in [-0.39, 0.29) is 17.5 Å². The van der Waals surface area contributed by atoms with Gasteiger partial charge < -0.3 is 15.7 Å². The number of aliphatic hydroxyl groups excluding tert-OH is 1. The third-order valence-corrected chi connectivity index (χ3v) is 4.40. The molecule has 0 saturated heterocycles. The average Bonchev–Trinajstić information content (AvgIpc) is 2.25. The Labute approximate surface area is 113 Å². The molecule has 1 aromatic rings. The summed E-state index contributed by atoms with van der Waals surface area (Å²) in [5.41, 5.74) is 6.51. The fourth-order valence-corrected chi connectivity index (χ4v) is 3.08. The first-order valence-corrected chi connectivity index (χ1v) is 7.78. The highest BCUT2D eigenvalue weighted by molar-refractivity contribution is 7.89. The van der Waals surface area contributed by atoms with Crippen molar-refractivity contribution in [2.24, 2.45) is 5.14 Å². The highest BCUT2D eigenvalue weighted by atomic mass is 32.2. The van der Waals surface area contributed by atoms with Crippen LogP contribution in [0.2, 0.25) is 0 Å². The Bertz CT molecular complexity index is 555. The Kier molecular flexibility index (Phi) is 3.98. The summed E-state index contributed by atoms with van der Waals surface area (Å²) < 4.78 is 23.4. The largest absolute Gasteiger partial charge is 0.399 e. The SMILES string of the molecule is Nc1ccc(N(CCO)C2CCC2)c(S(N)(=O)=O)c1. The number of aliphatic hydroxyl groups is 1. The van der Waals surface area contributed by atoms with Crippen LogP contribution in [0.5, 0.6) is 0 Å². The van der Waals surface area contributed by atoms with Gasteiger partial charge in [0.2, 0.25) is 10.0 Å². The minimum Gasteiger partial charge on any atom is -0.399 e. The first kappa shape index (κ1) is 14.1. The summed E-state index contributed by atoms with van der Waals surface area (Å²) in [6.45, 7) is 0.349. The summed E-state index contributed by atoms with van der Waals surface area (Å²) in [5.74, 6) is 0. The molecule has 0 amide bonds. The Morgan fingerprint density at radius 3 is 2.53 bits per heavy atom. The summed E-state index contributed by atoms with van der Waals surface area (Å²) in [7, 11) is -3.84. The monoisotopic (exact) mass is 285 g/mol. The van der Waals surface area contributed by atoms with E-state index < -0.39 is 10.0 Å². The van der Waals surface area contributed by atoms with Gasteiger partial charge in [-0.3, -0.25) is 0 Å². The number of nitrogen functional groups attached to an aromatic ring is 1. The molecule has 106 valence electrons. The van der Waals surface area contributed by atoms with Crippen molar-refractivity contribution in [3.63, 3.8) is 0 Å². The summed E-state index contributed by atoms with van der Waals surface area (Å²) in [4.78, 5) is 1.93. The van der Waals surface area contributed by atoms with Crippen LogP contribution in [0, 0.1) is 0 Å². The van der Waals surface area contributed by atoms with Gasteiger partial charge in [-0.2, -0.15) is 0 Å². The number of sulfonamides is 1. The Hall–Kier alpha value is -1.31. The van der Waals surface area contributed by atoms with Crippen molar-refractivity contribution in [2.45, 2.75) is 30.2 Å². The van der Waals surface area contributed by atoms with Gasteiger partial charge in [-0.15, -0.1) is 0 Å². The lowest BCUT2D eigenvalue weighted by molar-refractivity contribution is 0.283. The predicted octanol–water partition coefficient (Wildman–Crippen LogP) is 0.267. The van der Waals surface area contributed by atoms with Crippen LogP contribution < -0.4 is 15.8 Å². The van der Waals surface area contributed by atoms with Gasteiger partial charge in [0.1, 0.15) is 4.90 Å². The Balaban J connectivity index is 2.46. The van der Waals surface area contributed by atoms with Crippen LogP contribution in [0.15, 0.2) is 23.1 Å². The van der Waals surface area contributed by atoms with E-state index in [1.165, 1.54) is 6.07 Å². The zero-order chi connectivity index (χ0) is 14.0. The van der Waals surface area contributed by atoms with Crippen molar-refractivity contribution in [2.75, 3.05) is 23.8 Å². The molecular formula is C12H19N3O3S. The zero-order valence-electron chi connectivity index (χ0n) is 10.6. The fourth-order valence-electron chi connectivity index (χ4n) is 2.30. The van der Waals surface area contributed by atoms with Crippen molar-refractivity contribution in [3.8, 4) is 0 Å². The third kappa shape index (κ3) is 2.99. The van der Waals surface area contributed by atoms with Crippen molar-refractivity contribution < 1.29 is 13.5 Å². The molecule has 7 heteroatoms. The minimum atomic E-state index is -3.84. The van der Waals surface area contributed by atoms with Crippen LogP contribution in [-0.4, -0.2) is 32.7 Å². The molecule has 19 heavy (non-hydrogen) atoms. The van der Waals surface area contributed by atoms with E-state index in [9.17, 15) is 8.42 Å². The number of hydrogen-bond acceptors (Lipinski definition) is 5. The van der Waals surface area contributed by atoms with E-state index in [2.05, 4.69) is 0 Å². The van der Waals surface area contributed by atoms with Gasteiger partial charge in [-0.25, -0.2) is 13.6 Å². The fraction of sp³-hybridized carbons (Fsp3) is 0.500. The maximum Gasteiger partial charge on any atom is 0.240 e. The molecule has 1 saturated carbocycles. The number of benzene rings is 1. The molecular weight excluding hydrogens is 266 g/mol. The van der Waals surface area contributed by atoms with E-state index in [0.717, 1.165) is 19.3 Å². The molecule has 0 aliphatic heterocycles. The summed E-state index contributed by atoms with van der Waals surface area (Å²) in [5, 5.41) is 14.4. The van der Waals surface area contributed by atoms with E-state index in [0.29, 0.717) is 17.9 Å². The molecule has 5 N–H and O–H groups in total. The molecule has 0 heterocycles. The lowest BCUT2D eigenvalue weighted by atomic mass is 9.91. The predicted molar refractivity (Wildman–Crippen MR) is 74.3 cm³/mol. The van der Waals surface area contributed by atoms with Crippen LogP contribution in [0.25, 0.3) is 0 Å². The van der Waals surface area contributed by atoms with E-state index in [1.807, 2.05) is 4.90 Å². The van der Waals surface area contributed by atoms with E-state index in [1.54, 1.807) is 12.1 Å². The van der Waals surface area contributed by atoms with E-state index >= 15 is 0 Å². The van der Waals surface area contributed by atoms with Crippen LogP contribution in [-0.2, 0) is 10.0 Å². The zero-order valence-corrected chi connectivity index (χ0v) is 11.4. The molecule has 1 aromatic carbocycles. The summed E-state index contributed by atoms with van der Waals surface area (Å²) in [6, 6.07) is 4.93. The van der Waals surface area contributed by atoms with Crippen molar-refractivity contribution in [1.82, 2.24) is 0 Å². The van der Waals surface area contributed by atoms with Gasteiger partial charge in [0.25, 0.3) is 0 Å². The van der Waals surface area contributed by atoms with Crippen LogP contribution in [0.1, 0.15) is 19.3 Å². The molecule has 2 rings (SSSR count). The van der Waals surface area contributed by atoms with Gasteiger partial charge in [0.15, 0.2) is 0 Å². The lowest BCUT2D eigenvalue weighted by Gasteiger charge is -2.39. The van der Waals surface area contributed by atoms with Crippen LogP contribution in [0.4, 0.5) is 11.4 Å². The minimum absolute atomic E-state index is 0.0212. The van der Waals surface area contributed by atoms with Gasteiger partial charge in [0, 0.05) is 18.3 Å². The molecule has 0 aromatic heterocycles. The molecule has 1 aliphatic rings. The maximum atomic E-state index is 11.7. The number of hydrogen-bond donors (Lipinski definition) is 3. The topological polar surface area (TPSA) is 110 Å².